The van der Waals surface area contributed by atoms with Crippen LogP contribution in [0, 0.1) is 20.8 Å². The molecule has 0 saturated carbocycles. The highest BCUT2D eigenvalue weighted by molar-refractivity contribution is 7.10. The van der Waals surface area contributed by atoms with Gasteiger partial charge in [0.25, 0.3) is 5.91 Å². The van der Waals surface area contributed by atoms with Gasteiger partial charge in [0, 0.05) is 22.3 Å². The Bertz CT molecular complexity index is 1090. The van der Waals surface area contributed by atoms with Crippen LogP contribution in [-0.2, 0) is 0 Å². The molecule has 0 aliphatic heterocycles. The minimum atomic E-state index is -0.189. The maximum atomic E-state index is 13.2. The van der Waals surface area contributed by atoms with Gasteiger partial charge >= 0.3 is 0 Å². The molecular formula is C22H21N3O2S. The van der Waals surface area contributed by atoms with E-state index in [1.165, 1.54) is 0 Å². The fraction of sp³-hybridized carbons (Fsp3) is 0.182. The standard InChI is InChI=1S/C22H21N3O2S/c1-14-12-18(16(3)25(14)20-13-15(2)27-24-20)22(26)23-21(19-10-7-11-28-19)17-8-5-4-6-9-17/h4-13,21H,1-3H3,(H,23,26). The number of rotatable bonds is 5. The van der Waals surface area contributed by atoms with Crippen LogP contribution in [0.5, 0.6) is 0 Å². The van der Waals surface area contributed by atoms with Crippen LogP contribution < -0.4 is 5.32 Å². The summed E-state index contributed by atoms with van der Waals surface area (Å²) in [4.78, 5) is 14.3. The molecule has 0 aliphatic rings. The molecule has 0 fully saturated rings. The van der Waals surface area contributed by atoms with Crippen molar-refractivity contribution in [3.63, 3.8) is 0 Å². The Morgan fingerprint density at radius 2 is 1.89 bits per heavy atom. The van der Waals surface area contributed by atoms with Crippen molar-refractivity contribution < 1.29 is 9.32 Å². The summed E-state index contributed by atoms with van der Waals surface area (Å²) in [6, 6.07) is 17.6. The van der Waals surface area contributed by atoms with Crippen molar-refractivity contribution in [2.75, 3.05) is 0 Å². The Labute approximate surface area is 167 Å². The van der Waals surface area contributed by atoms with Gasteiger partial charge in [-0.15, -0.1) is 11.3 Å². The van der Waals surface area contributed by atoms with Crippen LogP contribution >= 0.6 is 11.3 Å². The first-order chi connectivity index (χ1) is 13.5. The van der Waals surface area contributed by atoms with Gasteiger partial charge in [-0.05, 0) is 43.8 Å². The van der Waals surface area contributed by atoms with Crippen LogP contribution in [0.25, 0.3) is 5.82 Å². The molecular weight excluding hydrogens is 370 g/mol. The third-order valence-electron chi connectivity index (χ3n) is 4.76. The molecule has 0 radical (unpaired) electrons. The molecule has 1 amide bonds. The smallest absolute Gasteiger partial charge is 0.253 e. The Morgan fingerprint density at radius 3 is 2.54 bits per heavy atom. The van der Waals surface area contributed by atoms with Crippen molar-refractivity contribution in [1.29, 1.82) is 0 Å². The first-order valence-corrected chi connectivity index (χ1v) is 9.94. The lowest BCUT2D eigenvalue weighted by Crippen LogP contribution is -2.29. The number of carbonyl (C=O) groups is 1. The van der Waals surface area contributed by atoms with Crippen molar-refractivity contribution in [2.24, 2.45) is 0 Å². The van der Waals surface area contributed by atoms with Crippen molar-refractivity contribution in [3.05, 3.63) is 93.1 Å². The quantitative estimate of drug-likeness (QED) is 0.522. The summed E-state index contributed by atoms with van der Waals surface area (Å²) in [6.45, 7) is 5.74. The maximum absolute atomic E-state index is 13.2. The minimum absolute atomic E-state index is 0.109. The van der Waals surface area contributed by atoms with Gasteiger partial charge in [0.15, 0.2) is 5.82 Å². The molecule has 28 heavy (non-hydrogen) atoms. The molecule has 1 unspecified atom stereocenters. The first-order valence-electron chi connectivity index (χ1n) is 9.06. The average molecular weight is 391 g/mol. The molecule has 6 heteroatoms. The number of aromatic nitrogens is 2. The Hall–Kier alpha value is -3.12. The van der Waals surface area contributed by atoms with Gasteiger partial charge in [0.05, 0.1) is 11.6 Å². The number of carbonyl (C=O) groups excluding carboxylic acids is 1. The zero-order valence-electron chi connectivity index (χ0n) is 16.0. The largest absolute Gasteiger partial charge is 0.360 e. The van der Waals surface area contributed by atoms with E-state index in [2.05, 4.69) is 10.5 Å². The summed E-state index contributed by atoms with van der Waals surface area (Å²) in [5, 5.41) is 9.32. The number of hydrogen-bond acceptors (Lipinski definition) is 4. The van der Waals surface area contributed by atoms with Gasteiger partial charge in [0.2, 0.25) is 0 Å². The molecule has 1 N–H and O–H groups in total. The second-order valence-corrected chi connectivity index (χ2v) is 7.73. The van der Waals surface area contributed by atoms with Crippen LogP contribution in [0.2, 0.25) is 0 Å². The number of amides is 1. The number of thiophene rings is 1. The number of benzene rings is 1. The summed E-state index contributed by atoms with van der Waals surface area (Å²) in [6.07, 6.45) is 0. The van der Waals surface area contributed by atoms with E-state index in [-0.39, 0.29) is 11.9 Å². The lowest BCUT2D eigenvalue weighted by molar-refractivity contribution is 0.0943. The molecule has 0 saturated heterocycles. The van der Waals surface area contributed by atoms with Gasteiger partial charge in [0.1, 0.15) is 5.76 Å². The van der Waals surface area contributed by atoms with Crippen LogP contribution in [-0.4, -0.2) is 15.6 Å². The maximum Gasteiger partial charge on any atom is 0.253 e. The summed E-state index contributed by atoms with van der Waals surface area (Å²) in [7, 11) is 0. The van der Waals surface area contributed by atoms with E-state index >= 15 is 0 Å². The minimum Gasteiger partial charge on any atom is -0.360 e. The summed E-state index contributed by atoms with van der Waals surface area (Å²) in [5.41, 5.74) is 3.46. The van der Waals surface area contributed by atoms with Crippen LogP contribution in [0.1, 0.15) is 44.0 Å². The van der Waals surface area contributed by atoms with E-state index in [0.717, 1.165) is 27.6 Å². The lowest BCUT2D eigenvalue weighted by Gasteiger charge is -2.18. The van der Waals surface area contributed by atoms with Crippen molar-refractivity contribution in [3.8, 4) is 5.82 Å². The summed E-state index contributed by atoms with van der Waals surface area (Å²) < 4.78 is 7.14. The molecule has 1 aromatic carbocycles. The molecule has 3 heterocycles. The topological polar surface area (TPSA) is 60.1 Å². The van der Waals surface area contributed by atoms with Crippen molar-refractivity contribution >= 4 is 17.2 Å². The Morgan fingerprint density at radius 1 is 1.11 bits per heavy atom. The monoisotopic (exact) mass is 391 g/mol. The average Bonchev–Trinajstić information content (AvgIpc) is 3.42. The molecule has 0 spiro atoms. The van der Waals surface area contributed by atoms with Crippen molar-refractivity contribution in [2.45, 2.75) is 26.8 Å². The normalized spacial score (nSPS) is 12.1. The van der Waals surface area contributed by atoms with E-state index in [1.54, 1.807) is 11.3 Å². The highest BCUT2D eigenvalue weighted by atomic mass is 32.1. The number of hydrogen-bond donors (Lipinski definition) is 1. The Balaban J connectivity index is 1.67. The molecule has 142 valence electrons. The van der Waals surface area contributed by atoms with E-state index in [1.807, 2.05) is 85.3 Å². The van der Waals surface area contributed by atoms with E-state index in [9.17, 15) is 4.79 Å². The van der Waals surface area contributed by atoms with Gasteiger partial charge < -0.3 is 9.84 Å². The van der Waals surface area contributed by atoms with Gasteiger partial charge in [-0.1, -0.05) is 41.6 Å². The summed E-state index contributed by atoms with van der Waals surface area (Å²) >= 11 is 1.63. The zero-order valence-corrected chi connectivity index (χ0v) is 16.8. The molecule has 4 aromatic rings. The second-order valence-electron chi connectivity index (χ2n) is 6.75. The first kappa shape index (κ1) is 18.3. The summed E-state index contributed by atoms with van der Waals surface area (Å²) in [5.74, 6) is 1.31. The molecule has 0 bridgehead atoms. The predicted octanol–water partition coefficient (Wildman–Crippen LogP) is 4.97. The van der Waals surface area contributed by atoms with Crippen molar-refractivity contribution in [1.82, 2.24) is 15.0 Å². The SMILES string of the molecule is Cc1cc(-n2c(C)cc(C(=O)NC(c3ccccc3)c3cccs3)c2C)no1. The third-order valence-corrected chi connectivity index (χ3v) is 5.69. The number of nitrogens with one attached hydrogen (secondary N) is 1. The zero-order chi connectivity index (χ0) is 19.7. The highest BCUT2D eigenvalue weighted by Crippen LogP contribution is 2.27. The molecule has 5 nitrogen and oxygen atoms in total. The molecule has 1 atom stereocenters. The fourth-order valence-electron chi connectivity index (χ4n) is 3.43. The second kappa shape index (κ2) is 7.48. The fourth-order valence-corrected chi connectivity index (χ4v) is 4.23. The van der Waals surface area contributed by atoms with Crippen LogP contribution in [0.4, 0.5) is 0 Å². The third kappa shape index (κ3) is 3.39. The highest BCUT2D eigenvalue weighted by Gasteiger charge is 2.23. The van der Waals surface area contributed by atoms with E-state index in [4.69, 9.17) is 4.52 Å². The lowest BCUT2D eigenvalue weighted by atomic mass is 10.0. The van der Waals surface area contributed by atoms with Crippen LogP contribution in [0.3, 0.4) is 0 Å². The molecule has 3 aromatic heterocycles. The number of aryl methyl sites for hydroxylation is 2. The van der Waals surface area contributed by atoms with E-state index < -0.39 is 0 Å². The van der Waals surface area contributed by atoms with Gasteiger partial charge in [-0.2, -0.15) is 0 Å². The van der Waals surface area contributed by atoms with E-state index in [0.29, 0.717) is 11.4 Å². The number of nitrogens with zero attached hydrogens (tertiary/aromatic N) is 2. The van der Waals surface area contributed by atoms with Crippen LogP contribution in [0.15, 0.2) is 64.5 Å². The van der Waals surface area contributed by atoms with Gasteiger partial charge in [-0.25, -0.2) is 0 Å². The molecule has 4 rings (SSSR count). The molecule has 0 aliphatic carbocycles. The van der Waals surface area contributed by atoms with Gasteiger partial charge in [-0.3, -0.25) is 9.36 Å². The predicted molar refractivity (Wildman–Crippen MR) is 110 cm³/mol. The Kier molecular flexibility index (Phi) is 4.88.